The number of anilines is 1. The molecule has 0 radical (unpaired) electrons. The quantitative estimate of drug-likeness (QED) is 0.488. The maximum absolute atomic E-state index is 14.2. The van der Waals surface area contributed by atoms with E-state index >= 15 is 0 Å². The molecule has 1 aromatic carbocycles. The first-order chi connectivity index (χ1) is 14.0. The van der Waals surface area contributed by atoms with E-state index in [1.165, 1.54) is 6.20 Å². The molecule has 1 amide bonds. The maximum Gasteiger partial charge on any atom is 0.274 e. The van der Waals surface area contributed by atoms with E-state index in [0.717, 1.165) is 54.7 Å². The molecule has 0 saturated carbocycles. The molecule has 3 N–H and O–H groups in total. The first-order valence-corrected chi connectivity index (χ1v) is 9.48. The van der Waals surface area contributed by atoms with E-state index < -0.39 is 34.6 Å². The van der Waals surface area contributed by atoms with Gasteiger partial charge in [0.2, 0.25) is 5.06 Å². The van der Waals surface area contributed by atoms with Crippen LogP contribution in [0.5, 0.6) is 5.06 Å². The summed E-state index contributed by atoms with van der Waals surface area (Å²) in [5.41, 5.74) is 4.30. The van der Waals surface area contributed by atoms with Gasteiger partial charge in [0.25, 0.3) is 5.91 Å². The van der Waals surface area contributed by atoms with Gasteiger partial charge in [-0.25, -0.2) is 18.2 Å². The number of hydrogen-bond donors (Lipinski definition) is 2. The van der Waals surface area contributed by atoms with Crippen LogP contribution in [0.15, 0.2) is 36.5 Å². The Balaban J connectivity index is 0.00000320. The highest BCUT2D eigenvalue weighted by atomic mass is 35.5. The maximum atomic E-state index is 14.2. The van der Waals surface area contributed by atoms with Crippen molar-refractivity contribution in [1.29, 1.82) is 0 Å². The number of rotatable bonds is 8. The third-order valence-corrected chi connectivity index (χ3v) is 4.61. The summed E-state index contributed by atoms with van der Waals surface area (Å²) in [6.45, 7) is 0.963. The van der Waals surface area contributed by atoms with Crippen LogP contribution in [0.4, 0.5) is 18.9 Å². The van der Waals surface area contributed by atoms with Crippen molar-refractivity contribution in [2.45, 2.75) is 12.8 Å². The predicted octanol–water partition coefficient (Wildman–Crippen LogP) is 4.41. The number of ether oxygens (including phenoxy) is 1. The number of amides is 1. The van der Waals surface area contributed by atoms with Crippen LogP contribution < -0.4 is 15.8 Å². The number of benzene rings is 1. The zero-order valence-electron chi connectivity index (χ0n) is 15.5. The molecular formula is C19H18ClF3N4O2S. The second-order valence-electron chi connectivity index (χ2n) is 5.95. The topological polar surface area (TPSA) is 90.1 Å². The van der Waals surface area contributed by atoms with Crippen molar-refractivity contribution in [2.75, 3.05) is 18.5 Å². The Labute approximate surface area is 180 Å². The average molecular weight is 459 g/mol. The lowest BCUT2D eigenvalue weighted by Gasteiger charge is -2.09. The number of unbranched alkanes of at least 4 members (excludes halogenated alkanes) is 1. The van der Waals surface area contributed by atoms with Crippen molar-refractivity contribution in [2.24, 2.45) is 5.73 Å². The molecule has 0 spiro atoms. The molecule has 30 heavy (non-hydrogen) atoms. The van der Waals surface area contributed by atoms with Gasteiger partial charge in [0, 0.05) is 11.5 Å². The Hall–Kier alpha value is -2.69. The molecule has 0 bridgehead atoms. The molecule has 0 aliphatic heterocycles. The summed E-state index contributed by atoms with van der Waals surface area (Å²) in [6.07, 6.45) is 2.95. The highest BCUT2D eigenvalue weighted by molar-refractivity contribution is 7.08. The fourth-order valence-electron chi connectivity index (χ4n) is 2.48. The minimum Gasteiger partial charge on any atom is -0.481 e. The second-order valence-corrected chi connectivity index (χ2v) is 6.71. The number of pyridine rings is 1. The molecule has 0 saturated heterocycles. The van der Waals surface area contributed by atoms with Crippen LogP contribution in [0.2, 0.25) is 0 Å². The zero-order valence-corrected chi connectivity index (χ0v) is 17.2. The predicted molar refractivity (Wildman–Crippen MR) is 111 cm³/mol. The van der Waals surface area contributed by atoms with Gasteiger partial charge < -0.3 is 15.8 Å². The molecule has 0 fully saturated rings. The van der Waals surface area contributed by atoms with E-state index in [0.29, 0.717) is 23.9 Å². The summed E-state index contributed by atoms with van der Waals surface area (Å²) in [4.78, 5) is 16.3. The van der Waals surface area contributed by atoms with Crippen LogP contribution in [-0.2, 0) is 0 Å². The normalized spacial score (nSPS) is 10.4. The van der Waals surface area contributed by atoms with Crippen LogP contribution in [0.25, 0.3) is 11.3 Å². The molecule has 2 aromatic heterocycles. The first kappa shape index (κ1) is 23.6. The Morgan fingerprint density at radius 3 is 2.53 bits per heavy atom. The van der Waals surface area contributed by atoms with E-state index in [2.05, 4.69) is 14.7 Å². The number of carbonyl (C=O) groups is 1. The van der Waals surface area contributed by atoms with E-state index in [4.69, 9.17) is 10.5 Å². The van der Waals surface area contributed by atoms with Gasteiger partial charge in [0.1, 0.15) is 34.5 Å². The van der Waals surface area contributed by atoms with Gasteiger partial charge in [0.15, 0.2) is 0 Å². The van der Waals surface area contributed by atoms with Gasteiger partial charge in [0.05, 0.1) is 18.4 Å². The monoisotopic (exact) mass is 458 g/mol. The third kappa shape index (κ3) is 5.47. The lowest BCUT2D eigenvalue weighted by atomic mass is 10.1. The molecule has 3 rings (SSSR count). The van der Waals surface area contributed by atoms with Crippen molar-refractivity contribution >= 4 is 35.5 Å². The summed E-state index contributed by atoms with van der Waals surface area (Å²) < 4.78 is 51.7. The van der Waals surface area contributed by atoms with E-state index in [1.807, 2.05) is 0 Å². The molecule has 3 aromatic rings. The number of nitrogens with zero attached hydrogens (tertiary/aromatic N) is 2. The lowest BCUT2D eigenvalue weighted by molar-refractivity contribution is 0.102. The fourth-order valence-corrected chi connectivity index (χ4v) is 3.07. The Morgan fingerprint density at radius 1 is 1.10 bits per heavy atom. The first-order valence-electron chi connectivity index (χ1n) is 8.71. The smallest absolute Gasteiger partial charge is 0.274 e. The summed E-state index contributed by atoms with van der Waals surface area (Å²) in [7, 11) is 0. The van der Waals surface area contributed by atoms with Gasteiger partial charge in [-0.3, -0.25) is 4.79 Å². The van der Waals surface area contributed by atoms with Gasteiger partial charge in [-0.15, -0.1) is 12.4 Å². The number of aromatic nitrogens is 2. The van der Waals surface area contributed by atoms with Crippen molar-refractivity contribution < 1.29 is 22.7 Å². The number of halogens is 4. The Morgan fingerprint density at radius 2 is 1.83 bits per heavy atom. The highest BCUT2D eigenvalue weighted by Crippen LogP contribution is 2.30. The molecule has 0 aliphatic carbocycles. The zero-order chi connectivity index (χ0) is 20.8. The summed E-state index contributed by atoms with van der Waals surface area (Å²) in [5.74, 6) is -3.62. The highest BCUT2D eigenvalue weighted by Gasteiger charge is 2.20. The lowest BCUT2D eigenvalue weighted by Crippen LogP contribution is -2.15. The standard InChI is InChI=1S/C19H17F3N4O2S.ClH/c20-11-4-3-5-12(21)16(11)17-13(22)6-7-14(25-17)18(27)26-15-10-24-29-19(15)28-9-2-1-8-23;/h3-7,10H,1-2,8-9,23H2,(H,26,27);1H. The Bertz CT molecular complexity index is 999. The molecule has 0 aliphatic rings. The van der Waals surface area contributed by atoms with Crippen LogP contribution in [0.3, 0.4) is 0 Å². The largest absolute Gasteiger partial charge is 0.481 e. The van der Waals surface area contributed by atoms with Crippen LogP contribution in [0, 0.1) is 17.5 Å². The van der Waals surface area contributed by atoms with E-state index in [9.17, 15) is 18.0 Å². The SMILES string of the molecule is Cl.NCCCCOc1sncc1NC(=O)c1ccc(F)c(-c2c(F)cccc2F)n1. The van der Waals surface area contributed by atoms with Crippen molar-refractivity contribution in [1.82, 2.24) is 9.36 Å². The van der Waals surface area contributed by atoms with Crippen LogP contribution >= 0.6 is 23.9 Å². The fraction of sp³-hybridized carbons (Fsp3) is 0.211. The molecular weight excluding hydrogens is 441 g/mol. The molecule has 11 heteroatoms. The number of carbonyl (C=O) groups excluding carboxylic acids is 1. The molecule has 0 atom stereocenters. The van der Waals surface area contributed by atoms with Gasteiger partial charge in [-0.2, -0.15) is 4.37 Å². The Kier molecular flexibility index (Phi) is 8.58. The summed E-state index contributed by atoms with van der Waals surface area (Å²) >= 11 is 1.05. The third-order valence-electron chi connectivity index (χ3n) is 3.90. The van der Waals surface area contributed by atoms with E-state index in [-0.39, 0.29) is 18.1 Å². The van der Waals surface area contributed by atoms with Gasteiger partial charge in [-0.1, -0.05) is 6.07 Å². The van der Waals surface area contributed by atoms with Crippen molar-refractivity contribution in [3.63, 3.8) is 0 Å². The minimum absolute atomic E-state index is 0. The van der Waals surface area contributed by atoms with Crippen molar-refractivity contribution in [3.05, 3.63) is 59.7 Å². The molecule has 160 valence electrons. The number of nitrogens with two attached hydrogens (primary N) is 1. The molecule has 2 heterocycles. The minimum atomic E-state index is -0.982. The summed E-state index contributed by atoms with van der Waals surface area (Å²) in [5, 5.41) is 2.96. The molecule has 6 nitrogen and oxygen atoms in total. The van der Waals surface area contributed by atoms with Crippen molar-refractivity contribution in [3.8, 4) is 16.3 Å². The van der Waals surface area contributed by atoms with E-state index in [1.54, 1.807) is 0 Å². The van der Waals surface area contributed by atoms with Crippen LogP contribution in [-0.4, -0.2) is 28.4 Å². The average Bonchev–Trinajstić information content (AvgIpc) is 3.13. The second kappa shape index (κ2) is 10.9. The number of nitrogens with one attached hydrogen (secondary N) is 1. The number of hydrogen-bond acceptors (Lipinski definition) is 6. The van der Waals surface area contributed by atoms with Crippen LogP contribution in [0.1, 0.15) is 23.3 Å². The summed E-state index contributed by atoms with van der Waals surface area (Å²) in [6, 6.07) is 5.17. The van der Waals surface area contributed by atoms with Gasteiger partial charge >= 0.3 is 0 Å². The van der Waals surface area contributed by atoms with Gasteiger partial charge in [-0.05, 0) is 43.7 Å². The molecule has 0 unspecified atom stereocenters.